The van der Waals surface area contributed by atoms with Crippen molar-refractivity contribution in [1.82, 2.24) is 18.8 Å². The van der Waals surface area contributed by atoms with E-state index in [9.17, 15) is 13.2 Å². The molecule has 1 amide bonds. The standard InChI is InChI=1S/C19H26N4O5S2/c1-2-23-17-5-4-15(30(25,26)22-8-10-27-11-9-22)14-16(17)20-18(23)29-13-3-6-21-7-12-28-19(21)24/h4-5,14H,2-3,6-13H2,1H3. The van der Waals surface area contributed by atoms with Crippen LogP contribution in [-0.4, -0.2) is 85.0 Å². The number of aromatic nitrogens is 2. The summed E-state index contributed by atoms with van der Waals surface area (Å²) in [5, 5.41) is 0.859. The van der Waals surface area contributed by atoms with Crippen molar-refractivity contribution in [2.45, 2.75) is 29.9 Å². The molecule has 1 aromatic carbocycles. The smallest absolute Gasteiger partial charge is 0.409 e. The van der Waals surface area contributed by atoms with Crippen molar-refractivity contribution in [3.8, 4) is 0 Å². The third-order valence-electron chi connectivity index (χ3n) is 5.26. The number of hydrogen-bond acceptors (Lipinski definition) is 7. The Kier molecular flexibility index (Phi) is 6.51. The van der Waals surface area contributed by atoms with Gasteiger partial charge in [0.05, 0.1) is 35.7 Å². The largest absolute Gasteiger partial charge is 0.448 e. The molecular weight excluding hydrogens is 428 g/mol. The maximum absolute atomic E-state index is 12.9. The number of amides is 1. The molecule has 0 saturated carbocycles. The number of imidazole rings is 1. The van der Waals surface area contributed by atoms with Gasteiger partial charge in [-0.1, -0.05) is 11.8 Å². The minimum absolute atomic E-state index is 0.241. The first-order valence-electron chi connectivity index (χ1n) is 10.1. The van der Waals surface area contributed by atoms with E-state index in [1.165, 1.54) is 4.31 Å². The fraction of sp³-hybridized carbons (Fsp3) is 0.579. The molecule has 2 saturated heterocycles. The van der Waals surface area contributed by atoms with Gasteiger partial charge < -0.3 is 18.9 Å². The number of thioether (sulfide) groups is 1. The molecule has 2 fully saturated rings. The van der Waals surface area contributed by atoms with Gasteiger partial charge in [0.25, 0.3) is 0 Å². The molecule has 0 spiro atoms. The number of nitrogens with zero attached hydrogens (tertiary/aromatic N) is 4. The summed E-state index contributed by atoms with van der Waals surface area (Å²) in [6.45, 7) is 6.15. The van der Waals surface area contributed by atoms with Gasteiger partial charge in [-0.25, -0.2) is 18.2 Å². The molecule has 0 atom stereocenters. The highest BCUT2D eigenvalue weighted by molar-refractivity contribution is 7.99. The molecule has 0 aliphatic carbocycles. The van der Waals surface area contributed by atoms with Crippen LogP contribution in [0.1, 0.15) is 13.3 Å². The number of cyclic esters (lactones) is 1. The number of ether oxygens (including phenoxy) is 2. The molecule has 2 aromatic rings. The van der Waals surface area contributed by atoms with Crippen molar-refractivity contribution in [2.24, 2.45) is 0 Å². The summed E-state index contributed by atoms with van der Waals surface area (Å²) in [7, 11) is -3.55. The Morgan fingerprint density at radius 2 is 1.97 bits per heavy atom. The van der Waals surface area contributed by atoms with Gasteiger partial charge in [-0.2, -0.15) is 4.31 Å². The zero-order valence-corrected chi connectivity index (χ0v) is 18.6. The van der Waals surface area contributed by atoms with E-state index < -0.39 is 10.0 Å². The van der Waals surface area contributed by atoms with Gasteiger partial charge in [0.2, 0.25) is 10.0 Å². The van der Waals surface area contributed by atoms with Crippen LogP contribution in [0.25, 0.3) is 11.0 Å². The molecule has 4 rings (SSSR count). The maximum Gasteiger partial charge on any atom is 0.409 e. The summed E-state index contributed by atoms with van der Waals surface area (Å²) in [5.74, 6) is 0.812. The lowest BCUT2D eigenvalue weighted by molar-refractivity contribution is 0.0730. The zero-order valence-electron chi connectivity index (χ0n) is 16.9. The first-order chi connectivity index (χ1) is 14.5. The van der Waals surface area contributed by atoms with Crippen molar-refractivity contribution < 1.29 is 22.7 Å². The Balaban J connectivity index is 1.48. The Hall–Kier alpha value is -1.82. The number of morpholine rings is 1. The van der Waals surface area contributed by atoms with Crippen LogP contribution in [0.3, 0.4) is 0 Å². The maximum atomic E-state index is 12.9. The summed E-state index contributed by atoms with van der Waals surface area (Å²) >= 11 is 1.62. The summed E-state index contributed by atoms with van der Waals surface area (Å²) in [4.78, 5) is 18.2. The van der Waals surface area contributed by atoms with Crippen LogP contribution in [0.2, 0.25) is 0 Å². The normalized spacial score (nSPS) is 18.3. The van der Waals surface area contributed by atoms with Gasteiger partial charge in [-0.15, -0.1) is 0 Å². The minimum Gasteiger partial charge on any atom is -0.448 e. The molecule has 0 N–H and O–H groups in total. The second kappa shape index (κ2) is 9.13. The number of benzene rings is 1. The van der Waals surface area contributed by atoms with Gasteiger partial charge >= 0.3 is 6.09 Å². The van der Waals surface area contributed by atoms with Gasteiger partial charge in [-0.05, 0) is 31.5 Å². The monoisotopic (exact) mass is 454 g/mol. The fourth-order valence-electron chi connectivity index (χ4n) is 3.65. The lowest BCUT2D eigenvalue weighted by atomic mass is 10.3. The number of rotatable bonds is 8. The summed E-state index contributed by atoms with van der Waals surface area (Å²) in [6.07, 6.45) is 0.596. The molecule has 164 valence electrons. The van der Waals surface area contributed by atoms with Crippen LogP contribution >= 0.6 is 11.8 Å². The second-order valence-electron chi connectivity index (χ2n) is 7.11. The molecule has 2 aliphatic rings. The predicted octanol–water partition coefficient (Wildman–Crippen LogP) is 2.01. The number of hydrogen-bond donors (Lipinski definition) is 0. The second-order valence-corrected chi connectivity index (χ2v) is 10.1. The number of fused-ring (bicyclic) bond motifs is 1. The van der Waals surface area contributed by atoms with E-state index in [1.807, 2.05) is 13.0 Å². The van der Waals surface area contributed by atoms with Crippen molar-refractivity contribution in [3.05, 3.63) is 18.2 Å². The predicted molar refractivity (Wildman–Crippen MR) is 113 cm³/mol. The van der Waals surface area contributed by atoms with E-state index in [4.69, 9.17) is 14.5 Å². The minimum atomic E-state index is -3.55. The first kappa shape index (κ1) is 21.4. The lowest BCUT2D eigenvalue weighted by Gasteiger charge is -2.26. The molecule has 0 bridgehead atoms. The van der Waals surface area contributed by atoms with Crippen LogP contribution in [0, 0.1) is 0 Å². The topological polar surface area (TPSA) is 94.0 Å². The average Bonchev–Trinajstić information content (AvgIpc) is 3.33. The molecular formula is C19H26N4O5S2. The van der Waals surface area contributed by atoms with Crippen LogP contribution in [-0.2, 0) is 26.0 Å². The highest BCUT2D eigenvalue weighted by Gasteiger charge is 2.27. The Bertz CT molecular complexity index is 1020. The Morgan fingerprint density at radius 1 is 1.17 bits per heavy atom. The summed E-state index contributed by atoms with van der Waals surface area (Å²) in [5.41, 5.74) is 1.60. The van der Waals surface area contributed by atoms with E-state index in [1.54, 1.807) is 28.8 Å². The SMILES string of the molecule is CCn1c(SCCCN2CCOC2=O)nc2cc(S(=O)(=O)N3CCOCC3)ccc21. The summed E-state index contributed by atoms with van der Waals surface area (Å²) in [6, 6.07) is 5.16. The Labute approximate surface area is 180 Å². The molecule has 3 heterocycles. The summed E-state index contributed by atoms with van der Waals surface area (Å²) < 4.78 is 39.7. The third-order valence-corrected chi connectivity index (χ3v) is 8.21. The lowest BCUT2D eigenvalue weighted by Crippen LogP contribution is -2.40. The molecule has 11 heteroatoms. The number of sulfonamides is 1. The van der Waals surface area contributed by atoms with Crippen molar-refractivity contribution in [3.63, 3.8) is 0 Å². The molecule has 2 aliphatic heterocycles. The Morgan fingerprint density at radius 3 is 2.67 bits per heavy atom. The van der Waals surface area contributed by atoms with E-state index in [-0.39, 0.29) is 11.0 Å². The van der Waals surface area contributed by atoms with Crippen molar-refractivity contribution in [1.29, 1.82) is 0 Å². The molecule has 0 radical (unpaired) electrons. The van der Waals surface area contributed by atoms with Gasteiger partial charge in [0.1, 0.15) is 6.61 Å². The number of carbonyl (C=O) groups is 1. The van der Waals surface area contributed by atoms with E-state index in [0.717, 1.165) is 29.4 Å². The molecule has 30 heavy (non-hydrogen) atoms. The molecule has 0 unspecified atom stereocenters. The van der Waals surface area contributed by atoms with Crippen LogP contribution in [0.4, 0.5) is 4.79 Å². The van der Waals surface area contributed by atoms with Crippen molar-refractivity contribution in [2.75, 3.05) is 51.8 Å². The molecule has 1 aromatic heterocycles. The molecule has 9 nitrogen and oxygen atoms in total. The third kappa shape index (κ3) is 4.29. The first-order valence-corrected chi connectivity index (χ1v) is 12.6. The highest BCUT2D eigenvalue weighted by atomic mass is 32.2. The average molecular weight is 455 g/mol. The van der Waals surface area contributed by atoms with E-state index in [2.05, 4.69) is 4.57 Å². The highest BCUT2D eigenvalue weighted by Crippen LogP contribution is 2.28. The van der Waals surface area contributed by atoms with Gasteiger partial charge in [0, 0.05) is 31.9 Å². The van der Waals surface area contributed by atoms with Gasteiger partial charge in [-0.3, -0.25) is 0 Å². The fourth-order valence-corrected chi connectivity index (χ4v) is 6.08. The zero-order chi connectivity index (χ0) is 21.1. The van der Waals surface area contributed by atoms with E-state index in [0.29, 0.717) is 51.5 Å². The number of carbonyl (C=O) groups excluding carboxylic acids is 1. The quantitative estimate of drug-likeness (QED) is 0.445. The van der Waals surface area contributed by atoms with Crippen LogP contribution in [0.5, 0.6) is 0 Å². The number of aryl methyl sites for hydroxylation is 1. The van der Waals surface area contributed by atoms with Crippen molar-refractivity contribution >= 4 is 38.9 Å². The van der Waals surface area contributed by atoms with Gasteiger partial charge in [0.15, 0.2) is 5.16 Å². The van der Waals surface area contributed by atoms with Crippen LogP contribution in [0.15, 0.2) is 28.3 Å². The van der Waals surface area contributed by atoms with E-state index >= 15 is 0 Å². The van der Waals surface area contributed by atoms with Crippen LogP contribution < -0.4 is 0 Å².